The standard InChI is InChI=1S/C27H23ClN8O/c1-35-15-30-12-24(35)27(29,19-6-5-17-13-37-14-18(17)9-19)20-7-8-23-22(11-20)25(16-3-2-4-21(28)10-16)31-26-32-33-34-36(23)26/h2-12,15,33-34H,13-14,29H2,1H3. The van der Waals surface area contributed by atoms with Crippen LogP contribution in [0.5, 0.6) is 0 Å². The van der Waals surface area contributed by atoms with Gasteiger partial charge >= 0.3 is 0 Å². The quantitative estimate of drug-likeness (QED) is 0.389. The van der Waals surface area contributed by atoms with Gasteiger partial charge in [-0.25, -0.2) is 20.5 Å². The van der Waals surface area contributed by atoms with Crippen LogP contribution < -0.4 is 21.8 Å². The molecule has 3 aliphatic heterocycles. The molecule has 4 N–H and O–H groups in total. The normalized spacial score (nSPS) is 17.3. The van der Waals surface area contributed by atoms with Gasteiger partial charge in [0, 0.05) is 23.2 Å². The molecule has 9 nitrogen and oxygen atoms in total. The minimum Gasteiger partial charge on any atom is -0.372 e. The van der Waals surface area contributed by atoms with Crippen molar-refractivity contribution in [3.05, 3.63) is 117 Å². The fraction of sp³-hybridized carbons (Fsp3) is 0.148. The number of aliphatic imine (C=N–C) groups is 1. The molecule has 1 atom stereocenters. The summed E-state index contributed by atoms with van der Waals surface area (Å²) in [7, 11) is 1.96. The van der Waals surface area contributed by atoms with E-state index in [0.717, 1.165) is 44.9 Å². The van der Waals surface area contributed by atoms with Crippen molar-refractivity contribution in [2.75, 3.05) is 5.01 Å². The van der Waals surface area contributed by atoms with Crippen LogP contribution in [-0.4, -0.2) is 21.2 Å². The molecule has 3 aromatic carbocycles. The lowest BCUT2D eigenvalue weighted by atomic mass is 9.78. The Morgan fingerprint density at radius 1 is 1.03 bits per heavy atom. The van der Waals surface area contributed by atoms with E-state index in [4.69, 9.17) is 27.1 Å². The molecule has 0 saturated carbocycles. The number of benzene rings is 3. The van der Waals surface area contributed by atoms with E-state index in [0.29, 0.717) is 24.2 Å². The van der Waals surface area contributed by atoms with Crippen LogP contribution in [0.15, 0.2) is 83.3 Å². The SMILES string of the molecule is Cn1cncc1C(N)(c1ccc2c(c1)COC2)c1ccc2c(c1)C(c1cccc(Cl)c1)=NC1=NNNN12. The Labute approximate surface area is 218 Å². The largest absolute Gasteiger partial charge is 0.372 e. The van der Waals surface area contributed by atoms with Gasteiger partial charge < -0.3 is 15.0 Å². The predicted molar refractivity (Wildman–Crippen MR) is 142 cm³/mol. The molecule has 0 radical (unpaired) electrons. The van der Waals surface area contributed by atoms with Crippen LogP contribution in [0.1, 0.15) is 39.1 Å². The minimum absolute atomic E-state index is 0.513. The zero-order valence-electron chi connectivity index (χ0n) is 19.9. The monoisotopic (exact) mass is 510 g/mol. The van der Waals surface area contributed by atoms with E-state index in [1.165, 1.54) is 5.56 Å². The summed E-state index contributed by atoms with van der Waals surface area (Å²) in [5.74, 6) is 0.513. The molecule has 0 amide bonds. The van der Waals surface area contributed by atoms with Crippen LogP contribution in [-0.2, 0) is 30.5 Å². The molecule has 1 aromatic heterocycles. The van der Waals surface area contributed by atoms with Gasteiger partial charge in [0.2, 0.25) is 0 Å². The first-order chi connectivity index (χ1) is 18.0. The number of aryl methyl sites for hydroxylation is 1. The number of hydrogen-bond acceptors (Lipinski definition) is 8. The number of imidazole rings is 1. The molecule has 10 heteroatoms. The topological polar surface area (TPSA) is 105 Å². The molecule has 4 heterocycles. The number of nitrogens with two attached hydrogens (primary N) is 1. The van der Waals surface area contributed by atoms with Gasteiger partial charge in [-0.2, -0.15) is 0 Å². The summed E-state index contributed by atoms with van der Waals surface area (Å²) in [4.78, 5) is 9.25. The lowest BCUT2D eigenvalue weighted by molar-refractivity contribution is 0.134. The van der Waals surface area contributed by atoms with Gasteiger partial charge in [0.1, 0.15) is 5.54 Å². The molecule has 0 fully saturated rings. The summed E-state index contributed by atoms with van der Waals surface area (Å²) in [6, 6.07) is 20.2. The first kappa shape index (κ1) is 22.2. The fourth-order valence-electron chi connectivity index (χ4n) is 5.27. The number of anilines is 1. The van der Waals surface area contributed by atoms with E-state index in [1.807, 2.05) is 59.2 Å². The molecule has 4 aromatic rings. The highest BCUT2D eigenvalue weighted by Crippen LogP contribution is 2.39. The number of ether oxygens (including phenoxy) is 1. The van der Waals surface area contributed by atoms with Crippen molar-refractivity contribution in [1.82, 2.24) is 20.6 Å². The molecular weight excluding hydrogens is 488 g/mol. The smallest absolute Gasteiger partial charge is 0.265 e. The van der Waals surface area contributed by atoms with Crippen molar-refractivity contribution in [1.29, 1.82) is 0 Å². The zero-order valence-corrected chi connectivity index (χ0v) is 20.7. The first-order valence-electron chi connectivity index (χ1n) is 11.9. The van der Waals surface area contributed by atoms with Crippen molar-refractivity contribution in [3.63, 3.8) is 0 Å². The van der Waals surface area contributed by atoms with Gasteiger partial charge in [0.15, 0.2) is 0 Å². The number of halogens is 1. The Bertz CT molecular complexity index is 1630. The number of rotatable bonds is 4. The van der Waals surface area contributed by atoms with Crippen molar-refractivity contribution in [3.8, 4) is 0 Å². The van der Waals surface area contributed by atoms with Gasteiger partial charge in [-0.3, -0.25) is 0 Å². The Morgan fingerprint density at radius 3 is 2.70 bits per heavy atom. The average molecular weight is 511 g/mol. The molecule has 0 saturated heterocycles. The summed E-state index contributed by atoms with van der Waals surface area (Å²) >= 11 is 6.36. The highest BCUT2D eigenvalue weighted by molar-refractivity contribution is 6.32. The highest BCUT2D eigenvalue weighted by atomic mass is 35.5. The Morgan fingerprint density at radius 2 is 1.86 bits per heavy atom. The van der Waals surface area contributed by atoms with Crippen molar-refractivity contribution >= 4 is 29.0 Å². The average Bonchev–Trinajstić information content (AvgIpc) is 3.67. The summed E-state index contributed by atoms with van der Waals surface area (Å²) < 4.78 is 7.64. The van der Waals surface area contributed by atoms with Gasteiger partial charge in [-0.05, 0) is 46.5 Å². The molecule has 7 rings (SSSR count). The van der Waals surface area contributed by atoms with E-state index >= 15 is 0 Å². The maximum absolute atomic E-state index is 7.42. The third-order valence-electron chi connectivity index (χ3n) is 7.17. The second-order valence-corrected chi connectivity index (χ2v) is 9.78. The van der Waals surface area contributed by atoms with Crippen LogP contribution >= 0.6 is 11.6 Å². The summed E-state index contributed by atoms with van der Waals surface area (Å²) in [6.45, 7) is 1.20. The van der Waals surface area contributed by atoms with Crippen LogP contribution in [0.25, 0.3) is 0 Å². The van der Waals surface area contributed by atoms with Gasteiger partial charge in [0.05, 0.1) is 42.8 Å². The van der Waals surface area contributed by atoms with Crippen LogP contribution in [0.3, 0.4) is 0 Å². The number of aromatic nitrogens is 2. The number of fused-ring (bicyclic) bond motifs is 4. The third kappa shape index (κ3) is 3.40. The fourth-order valence-corrected chi connectivity index (χ4v) is 5.46. The molecule has 0 bridgehead atoms. The molecule has 0 aliphatic carbocycles. The summed E-state index contributed by atoms with van der Waals surface area (Å²) in [5.41, 5.74) is 20.8. The van der Waals surface area contributed by atoms with E-state index in [2.05, 4.69) is 45.4 Å². The number of guanidine groups is 1. The molecule has 37 heavy (non-hydrogen) atoms. The lowest BCUT2D eigenvalue weighted by Crippen LogP contribution is -2.44. The van der Waals surface area contributed by atoms with Crippen LogP contribution in [0.2, 0.25) is 5.02 Å². The molecule has 0 spiro atoms. The Hall–Kier alpha value is -4.02. The van der Waals surface area contributed by atoms with E-state index in [1.54, 1.807) is 6.33 Å². The second kappa shape index (κ2) is 8.25. The number of nitrogens with zero attached hydrogens (tertiary/aromatic N) is 5. The molecule has 184 valence electrons. The number of nitrogens with one attached hydrogen (secondary N) is 2. The first-order valence-corrected chi connectivity index (χ1v) is 12.2. The van der Waals surface area contributed by atoms with Gasteiger partial charge in [-0.1, -0.05) is 48.0 Å². The van der Waals surface area contributed by atoms with Gasteiger partial charge in [0.25, 0.3) is 5.96 Å². The number of hydrogen-bond donors (Lipinski definition) is 3. The van der Waals surface area contributed by atoms with E-state index < -0.39 is 5.54 Å². The number of hydrazone groups is 1. The summed E-state index contributed by atoms with van der Waals surface area (Å²) in [6.07, 6.45) is 3.60. The van der Waals surface area contributed by atoms with Crippen molar-refractivity contribution in [2.45, 2.75) is 18.8 Å². The van der Waals surface area contributed by atoms with Crippen LogP contribution in [0, 0.1) is 0 Å². The predicted octanol–water partition coefficient (Wildman–Crippen LogP) is 3.31. The molecular formula is C27H23ClN8O. The zero-order chi connectivity index (χ0) is 25.1. The molecule has 3 aliphatic rings. The third-order valence-corrected chi connectivity index (χ3v) is 7.41. The summed E-state index contributed by atoms with van der Waals surface area (Å²) in [5, 5.41) is 6.71. The maximum atomic E-state index is 7.42. The van der Waals surface area contributed by atoms with E-state index in [9.17, 15) is 0 Å². The highest BCUT2D eigenvalue weighted by Gasteiger charge is 2.38. The maximum Gasteiger partial charge on any atom is 0.265 e. The Kier molecular flexibility index (Phi) is 4.95. The lowest BCUT2D eigenvalue weighted by Gasteiger charge is -2.33. The van der Waals surface area contributed by atoms with E-state index in [-0.39, 0.29) is 0 Å². The molecule has 1 unspecified atom stereocenters. The van der Waals surface area contributed by atoms with Crippen LogP contribution in [0.4, 0.5) is 5.69 Å². The number of hydrazine groups is 2. The second-order valence-electron chi connectivity index (χ2n) is 9.35. The minimum atomic E-state index is -0.984. The van der Waals surface area contributed by atoms with Crippen molar-refractivity contribution < 1.29 is 4.74 Å². The Balaban J connectivity index is 1.45. The van der Waals surface area contributed by atoms with Crippen molar-refractivity contribution in [2.24, 2.45) is 22.9 Å². The van der Waals surface area contributed by atoms with Gasteiger partial charge in [-0.15, -0.1) is 10.6 Å².